The van der Waals surface area contributed by atoms with Crippen molar-refractivity contribution in [2.45, 2.75) is 32.9 Å². The molecule has 2 aromatic rings. The van der Waals surface area contributed by atoms with E-state index in [-0.39, 0.29) is 0 Å². The summed E-state index contributed by atoms with van der Waals surface area (Å²) in [5, 5.41) is 7.28. The number of hydrogen-bond acceptors (Lipinski definition) is 4. The molecule has 106 valence electrons. The first kappa shape index (κ1) is 14.6. The van der Waals surface area contributed by atoms with Crippen molar-refractivity contribution >= 4 is 23.4 Å². The highest BCUT2D eigenvalue weighted by atomic mass is 35.5. The van der Waals surface area contributed by atoms with Crippen LogP contribution in [0.5, 0.6) is 0 Å². The van der Waals surface area contributed by atoms with Gasteiger partial charge in [0, 0.05) is 23.8 Å². The maximum atomic E-state index is 5.86. The molecule has 1 heterocycles. The van der Waals surface area contributed by atoms with Crippen molar-refractivity contribution < 1.29 is 0 Å². The molecule has 0 aliphatic heterocycles. The van der Waals surface area contributed by atoms with E-state index in [9.17, 15) is 0 Å². The Kier molecular flexibility index (Phi) is 5.18. The van der Waals surface area contributed by atoms with E-state index in [1.165, 1.54) is 0 Å². The molecule has 0 saturated heterocycles. The lowest BCUT2D eigenvalue weighted by Gasteiger charge is -2.12. The largest absolute Gasteiger partial charge is 0.367 e. The van der Waals surface area contributed by atoms with E-state index in [1.54, 1.807) is 6.20 Å². The standard InChI is InChI=1S/C15H19ClN4/c1-3-11(2)19-14-8-9-17-15(20-14)18-10-12-4-6-13(16)7-5-12/h4-9,11H,3,10H2,1-2H3,(H2,17,18,19,20). The van der Waals surface area contributed by atoms with Crippen molar-refractivity contribution in [3.05, 3.63) is 47.1 Å². The van der Waals surface area contributed by atoms with Gasteiger partial charge in [0.25, 0.3) is 0 Å². The average molecular weight is 291 g/mol. The molecule has 2 N–H and O–H groups in total. The summed E-state index contributed by atoms with van der Waals surface area (Å²) in [6.07, 6.45) is 2.81. The predicted octanol–water partition coefficient (Wildman–Crippen LogP) is 3.95. The summed E-state index contributed by atoms with van der Waals surface area (Å²) < 4.78 is 0. The SMILES string of the molecule is CCC(C)Nc1ccnc(NCc2ccc(Cl)cc2)n1. The fourth-order valence-electron chi connectivity index (χ4n) is 1.66. The molecule has 20 heavy (non-hydrogen) atoms. The summed E-state index contributed by atoms with van der Waals surface area (Å²) in [7, 11) is 0. The first-order valence-corrected chi connectivity index (χ1v) is 7.13. The first-order chi connectivity index (χ1) is 9.67. The number of hydrogen-bond donors (Lipinski definition) is 2. The third-order valence-electron chi connectivity index (χ3n) is 3.03. The van der Waals surface area contributed by atoms with Gasteiger partial charge in [-0.15, -0.1) is 0 Å². The molecule has 1 atom stereocenters. The summed E-state index contributed by atoms with van der Waals surface area (Å²) in [4.78, 5) is 8.65. The molecule has 1 aromatic carbocycles. The fraction of sp³-hybridized carbons (Fsp3) is 0.333. The molecule has 0 bridgehead atoms. The number of halogens is 1. The normalized spacial score (nSPS) is 11.9. The molecule has 5 heteroatoms. The number of anilines is 2. The van der Waals surface area contributed by atoms with Gasteiger partial charge in [-0.3, -0.25) is 0 Å². The number of nitrogens with one attached hydrogen (secondary N) is 2. The van der Waals surface area contributed by atoms with Crippen LogP contribution in [0.15, 0.2) is 36.5 Å². The maximum absolute atomic E-state index is 5.86. The van der Waals surface area contributed by atoms with E-state index >= 15 is 0 Å². The lowest BCUT2D eigenvalue weighted by atomic mass is 10.2. The van der Waals surface area contributed by atoms with Gasteiger partial charge in [-0.05, 0) is 37.1 Å². The van der Waals surface area contributed by atoms with Crippen LogP contribution in [0.25, 0.3) is 0 Å². The number of rotatable bonds is 6. The third-order valence-corrected chi connectivity index (χ3v) is 3.28. The van der Waals surface area contributed by atoms with E-state index < -0.39 is 0 Å². The number of nitrogens with zero attached hydrogens (tertiary/aromatic N) is 2. The molecular formula is C15H19ClN4. The second-order valence-electron chi connectivity index (χ2n) is 4.70. The summed E-state index contributed by atoms with van der Waals surface area (Å²) in [5.74, 6) is 1.46. The molecule has 0 spiro atoms. The molecule has 1 aromatic heterocycles. The van der Waals surface area contributed by atoms with Crippen molar-refractivity contribution in [3.8, 4) is 0 Å². The minimum atomic E-state index is 0.397. The van der Waals surface area contributed by atoms with E-state index in [0.717, 1.165) is 22.8 Å². The molecule has 2 rings (SSSR count). The van der Waals surface area contributed by atoms with Crippen LogP contribution in [0, 0.1) is 0 Å². The van der Waals surface area contributed by atoms with Gasteiger partial charge in [0.1, 0.15) is 5.82 Å². The molecular weight excluding hydrogens is 272 g/mol. The van der Waals surface area contributed by atoms with E-state index in [2.05, 4.69) is 34.4 Å². The van der Waals surface area contributed by atoms with Gasteiger partial charge >= 0.3 is 0 Å². The van der Waals surface area contributed by atoms with E-state index in [4.69, 9.17) is 11.6 Å². The zero-order chi connectivity index (χ0) is 14.4. The van der Waals surface area contributed by atoms with Gasteiger partial charge in [-0.1, -0.05) is 30.7 Å². The Hall–Kier alpha value is -1.81. The van der Waals surface area contributed by atoms with Crippen molar-refractivity contribution in [3.63, 3.8) is 0 Å². The van der Waals surface area contributed by atoms with Crippen LogP contribution in [0.4, 0.5) is 11.8 Å². The second-order valence-corrected chi connectivity index (χ2v) is 5.14. The highest BCUT2D eigenvalue weighted by Crippen LogP contribution is 2.12. The molecule has 0 aliphatic carbocycles. The Morgan fingerprint density at radius 2 is 1.95 bits per heavy atom. The monoisotopic (exact) mass is 290 g/mol. The van der Waals surface area contributed by atoms with Crippen LogP contribution in [0.1, 0.15) is 25.8 Å². The van der Waals surface area contributed by atoms with Crippen molar-refractivity contribution in [2.75, 3.05) is 10.6 Å². The lowest BCUT2D eigenvalue weighted by Crippen LogP contribution is -2.15. The van der Waals surface area contributed by atoms with Crippen LogP contribution in [-0.2, 0) is 6.54 Å². The Morgan fingerprint density at radius 3 is 2.65 bits per heavy atom. The minimum absolute atomic E-state index is 0.397. The Bertz CT molecular complexity index is 542. The van der Waals surface area contributed by atoms with Crippen molar-refractivity contribution in [2.24, 2.45) is 0 Å². The minimum Gasteiger partial charge on any atom is -0.367 e. The van der Waals surface area contributed by atoms with Gasteiger partial charge < -0.3 is 10.6 Å². The van der Waals surface area contributed by atoms with Gasteiger partial charge in [0.2, 0.25) is 5.95 Å². The van der Waals surface area contributed by atoms with E-state index in [0.29, 0.717) is 18.5 Å². The lowest BCUT2D eigenvalue weighted by molar-refractivity contribution is 0.758. The first-order valence-electron chi connectivity index (χ1n) is 6.75. The molecule has 1 unspecified atom stereocenters. The van der Waals surface area contributed by atoms with Gasteiger partial charge in [-0.25, -0.2) is 4.98 Å². The molecule has 0 radical (unpaired) electrons. The summed E-state index contributed by atoms with van der Waals surface area (Å²) in [6, 6.07) is 9.99. The molecule has 0 saturated carbocycles. The van der Waals surface area contributed by atoms with E-state index in [1.807, 2.05) is 30.3 Å². The summed E-state index contributed by atoms with van der Waals surface area (Å²) in [6.45, 7) is 4.94. The van der Waals surface area contributed by atoms with Crippen LogP contribution in [0.3, 0.4) is 0 Å². The highest BCUT2D eigenvalue weighted by Gasteiger charge is 2.02. The van der Waals surface area contributed by atoms with Crippen LogP contribution in [-0.4, -0.2) is 16.0 Å². The van der Waals surface area contributed by atoms with Crippen molar-refractivity contribution in [1.82, 2.24) is 9.97 Å². The molecule has 0 fully saturated rings. The van der Waals surface area contributed by atoms with Crippen LogP contribution >= 0.6 is 11.6 Å². The summed E-state index contributed by atoms with van der Waals surface area (Å²) >= 11 is 5.86. The average Bonchev–Trinajstić information content (AvgIpc) is 2.47. The van der Waals surface area contributed by atoms with Gasteiger partial charge in [-0.2, -0.15) is 4.98 Å². The summed E-state index contributed by atoms with van der Waals surface area (Å²) in [5.41, 5.74) is 1.14. The Balaban J connectivity index is 1.95. The smallest absolute Gasteiger partial charge is 0.224 e. The van der Waals surface area contributed by atoms with Crippen LogP contribution < -0.4 is 10.6 Å². The Morgan fingerprint density at radius 1 is 1.20 bits per heavy atom. The number of benzene rings is 1. The Labute approximate surface area is 124 Å². The fourth-order valence-corrected chi connectivity index (χ4v) is 1.79. The number of aromatic nitrogens is 2. The maximum Gasteiger partial charge on any atom is 0.224 e. The highest BCUT2D eigenvalue weighted by molar-refractivity contribution is 6.30. The van der Waals surface area contributed by atoms with Gasteiger partial charge in [0.05, 0.1) is 0 Å². The zero-order valence-corrected chi connectivity index (χ0v) is 12.5. The predicted molar refractivity (Wildman–Crippen MR) is 84.2 cm³/mol. The zero-order valence-electron chi connectivity index (χ0n) is 11.7. The quantitative estimate of drug-likeness (QED) is 0.846. The van der Waals surface area contributed by atoms with Gasteiger partial charge in [0.15, 0.2) is 0 Å². The second kappa shape index (κ2) is 7.10. The van der Waals surface area contributed by atoms with Crippen molar-refractivity contribution in [1.29, 1.82) is 0 Å². The topological polar surface area (TPSA) is 49.8 Å². The molecule has 0 aliphatic rings. The molecule has 0 amide bonds. The third kappa shape index (κ3) is 4.38. The van der Waals surface area contributed by atoms with Crippen LogP contribution in [0.2, 0.25) is 5.02 Å². The molecule has 4 nitrogen and oxygen atoms in total.